The van der Waals surface area contributed by atoms with Crippen LogP contribution < -0.4 is 4.90 Å². The summed E-state index contributed by atoms with van der Waals surface area (Å²) in [5, 5.41) is 1.20. The van der Waals surface area contributed by atoms with Crippen molar-refractivity contribution in [2.45, 2.75) is 0 Å². The second-order valence-corrected chi connectivity index (χ2v) is 9.31. The van der Waals surface area contributed by atoms with Gasteiger partial charge in [-0.3, -0.25) is 9.69 Å². The van der Waals surface area contributed by atoms with Gasteiger partial charge in [0, 0.05) is 17.6 Å². The van der Waals surface area contributed by atoms with Crippen molar-refractivity contribution in [3.8, 4) is 0 Å². The highest BCUT2D eigenvalue weighted by atomic mass is 79.9. The highest BCUT2D eigenvalue weighted by molar-refractivity contribution is 9.10. The van der Waals surface area contributed by atoms with Crippen molar-refractivity contribution in [1.82, 2.24) is 14.9 Å². The molecule has 0 aliphatic rings. The van der Waals surface area contributed by atoms with Crippen molar-refractivity contribution in [3.05, 3.63) is 51.9 Å². The summed E-state index contributed by atoms with van der Waals surface area (Å²) in [5.41, 5.74) is 1.75. The summed E-state index contributed by atoms with van der Waals surface area (Å²) < 4.78 is 3.07. The number of hydrogen-bond donors (Lipinski definition) is 0. The fraction of sp³-hybridized carbons (Fsp3) is 0.211. The highest BCUT2D eigenvalue weighted by Gasteiger charge is 2.24. The van der Waals surface area contributed by atoms with E-state index in [1.165, 1.54) is 22.7 Å². The molecule has 0 aliphatic carbocycles. The van der Waals surface area contributed by atoms with E-state index in [9.17, 15) is 4.79 Å². The molecule has 1 amide bonds. The molecule has 0 spiro atoms. The third-order valence-corrected chi connectivity index (χ3v) is 6.62. The van der Waals surface area contributed by atoms with Crippen LogP contribution in [0.15, 0.2) is 46.9 Å². The molecule has 0 unspecified atom stereocenters. The van der Waals surface area contributed by atoms with E-state index in [-0.39, 0.29) is 5.91 Å². The van der Waals surface area contributed by atoms with Crippen molar-refractivity contribution < 1.29 is 4.79 Å². The lowest BCUT2D eigenvalue weighted by molar-refractivity contribution is 0.0985. The van der Waals surface area contributed by atoms with E-state index in [1.807, 2.05) is 56.6 Å². The number of amides is 1. The van der Waals surface area contributed by atoms with Crippen LogP contribution in [0.1, 0.15) is 9.80 Å². The molecule has 2 aromatic heterocycles. The summed E-state index contributed by atoms with van der Waals surface area (Å²) in [4.78, 5) is 26.3. The van der Waals surface area contributed by atoms with Gasteiger partial charge in [-0.2, -0.15) is 0 Å². The molecule has 4 rings (SSSR count). The second-order valence-electron chi connectivity index (χ2n) is 6.36. The molecule has 0 fully saturated rings. The minimum atomic E-state index is -0.101. The van der Waals surface area contributed by atoms with Crippen LogP contribution in [-0.2, 0) is 0 Å². The molecule has 0 atom stereocenters. The van der Waals surface area contributed by atoms with Crippen molar-refractivity contribution >= 4 is 70.1 Å². The van der Waals surface area contributed by atoms with E-state index in [0.29, 0.717) is 16.7 Å². The molecule has 2 heterocycles. The van der Waals surface area contributed by atoms with Crippen LogP contribution in [0.3, 0.4) is 0 Å². The number of fused-ring (bicyclic) bond motifs is 2. The number of thiazole rings is 2. The zero-order valence-electron chi connectivity index (χ0n) is 14.8. The molecular formula is C19H17BrN4OS2. The van der Waals surface area contributed by atoms with Gasteiger partial charge in [0.15, 0.2) is 10.1 Å². The first-order chi connectivity index (χ1) is 13.0. The Morgan fingerprint density at radius 3 is 2.56 bits per heavy atom. The van der Waals surface area contributed by atoms with Gasteiger partial charge < -0.3 is 4.90 Å². The van der Waals surface area contributed by atoms with Crippen LogP contribution in [0, 0.1) is 0 Å². The number of halogens is 1. The number of rotatable bonds is 5. The first-order valence-corrected chi connectivity index (χ1v) is 10.8. The van der Waals surface area contributed by atoms with Crippen LogP contribution >= 0.6 is 38.6 Å². The van der Waals surface area contributed by atoms with E-state index in [0.717, 1.165) is 31.5 Å². The minimum Gasteiger partial charge on any atom is -0.308 e. The van der Waals surface area contributed by atoms with Gasteiger partial charge in [0.05, 0.1) is 20.4 Å². The lowest BCUT2D eigenvalue weighted by Crippen LogP contribution is -2.36. The van der Waals surface area contributed by atoms with E-state index in [2.05, 4.69) is 25.8 Å². The van der Waals surface area contributed by atoms with E-state index in [1.54, 1.807) is 4.90 Å². The normalized spacial score (nSPS) is 11.6. The van der Waals surface area contributed by atoms with Crippen molar-refractivity contribution in [3.63, 3.8) is 0 Å². The zero-order valence-corrected chi connectivity index (χ0v) is 18.1. The van der Waals surface area contributed by atoms with Gasteiger partial charge in [0.2, 0.25) is 0 Å². The van der Waals surface area contributed by atoms with Gasteiger partial charge in [-0.15, -0.1) is 11.3 Å². The Hall–Kier alpha value is -1.87. The third kappa shape index (κ3) is 3.89. The van der Waals surface area contributed by atoms with E-state index in [4.69, 9.17) is 4.98 Å². The topological polar surface area (TPSA) is 49.3 Å². The van der Waals surface area contributed by atoms with Crippen LogP contribution in [0.2, 0.25) is 0 Å². The lowest BCUT2D eigenvalue weighted by Gasteiger charge is -2.20. The Bertz CT molecular complexity index is 1090. The maximum atomic E-state index is 13.3. The largest absolute Gasteiger partial charge is 0.308 e. The molecule has 0 bridgehead atoms. The number of aromatic nitrogens is 2. The molecule has 0 saturated heterocycles. The number of hydrogen-bond acceptors (Lipinski definition) is 6. The molecule has 5 nitrogen and oxygen atoms in total. The third-order valence-electron chi connectivity index (χ3n) is 4.06. The molecule has 0 saturated carbocycles. The molecular weight excluding hydrogens is 444 g/mol. The Labute approximate surface area is 173 Å². The molecule has 138 valence electrons. The predicted octanol–water partition coefficient (Wildman–Crippen LogP) is 4.88. The number of para-hydroxylation sites is 1. The molecule has 0 radical (unpaired) electrons. The minimum absolute atomic E-state index is 0.101. The number of carbonyl (C=O) groups is 1. The van der Waals surface area contributed by atoms with Gasteiger partial charge in [-0.1, -0.05) is 39.4 Å². The molecule has 27 heavy (non-hydrogen) atoms. The maximum absolute atomic E-state index is 13.3. The summed E-state index contributed by atoms with van der Waals surface area (Å²) in [6.45, 7) is 1.30. The molecule has 4 aromatic rings. The van der Waals surface area contributed by atoms with Gasteiger partial charge in [0.1, 0.15) is 0 Å². The van der Waals surface area contributed by atoms with Crippen LogP contribution in [0.25, 0.3) is 20.4 Å². The second kappa shape index (κ2) is 7.63. The van der Waals surface area contributed by atoms with Gasteiger partial charge in [0.25, 0.3) is 5.91 Å². The van der Waals surface area contributed by atoms with E-state index >= 15 is 0 Å². The first-order valence-electron chi connectivity index (χ1n) is 8.39. The average molecular weight is 461 g/mol. The number of benzene rings is 2. The maximum Gasteiger partial charge on any atom is 0.289 e. The number of carbonyl (C=O) groups excluding carboxylic acids is 1. The van der Waals surface area contributed by atoms with Gasteiger partial charge in [-0.25, -0.2) is 9.97 Å². The Kier molecular flexibility index (Phi) is 5.23. The molecule has 8 heteroatoms. The monoisotopic (exact) mass is 460 g/mol. The average Bonchev–Trinajstić information content (AvgIpc) is 3.24. The lowest BCUT2D eigenvalue weighted by atomic mass is 10.3. The quantitative estimate of drug-likeness (QED) is 0.425. The summed E-state index contributed by atoms with van der Waals surface area (Å²) >= 11 is 6.45. The number of likely N-dealkylation sites (N-methyl/N-ethyl adjacent to an activating group) is 1. The highest BCUT2D eigenvalue weighted by Crippen LogP contribution is 2.32. The first kappa shape index (κ1) is 18.5. The fourth-order valence-corrected chi connectivity index (χ4v) is 5.12. The van der Waals surface area contributed by atoms with E-state index < -0.39 is 0 Å². The fourth-order valence-electron chi connectivity index (χ4n) is 2.66. The Morgan fingerprint density at radius 2 is 1.78 bits per heavy atom. The van der Waals surface area contributed by atoms with Crippen LogP contribution in [-0.4, -0.2) is 48.0 Å². The number of anilines is 1. The summed E-state index contributed by atoms with van der Waals surface area (Å²) in [6, 6.07) is 13.8. The predicted molar refractivity (Wildman–Crippen MR) is 117 cm³/mol. The Morgan fingerprint density at radius 1 is 1.00 bits per heavy atom. The standard InChI is InChI=1S/C19H17BrN4OS2/c1-23(2)9-10-24(19-22-14-8-7-12(20)11-16(14)27-19)18(25)17-21-13-5-3-4-6-15(13)26-17/h3-8,11H,9-10H2,1-2H3. The summed E-state index contributed by atoms with van der Waals surface area (Å²) in [5.74, 6) is -0.101. The van der Waals surface area contributed by atoms with Crippen molar-refractivity contribution in [2.24, 2.45) is 0 Å². The van der Waals surface area contributed by atoms with Gasteiger partial charge >= 0.3 is 0 Å². The summed E-state index contributed by atoms with van der Waals surface area (Å²) in [7, 11) is 3.99. The molecule has 0 aliphatic heterocycles. The van der Waals surface area contributed by atoms with Crippen molar-refractivity contribution in [2.75, 3.05) is 32.1 Å². The van der Waals surface area contributed by atoms with Crippen LogP contribution in [0.4, 0.5) is 5.13 Å². The summed E-state index contributed by atoms with van der Waals surface area (Å²) in [6.07, 6.45) is 0. The molecule has 0 N–H and O–H groups in total. The van der Waals surface area contributed by atoms with Crippen LogP contribution in [0.5, 0.6) is 0 Å². The molecule has 2 aromatic carbocycles. The smallest absolute Gasteiger partial charge is 0.289 e. The van der Waals surface area contributed by atoms with Crippen molar-refractivity contribution in [1.29, 1.82) is 0 Å². The SMILES string of the molecule is CN(C)CCN(C(=O)c1nc2ccccc2s1)c1nc2ccc(Br)cc2s1. The van der Waals surface area contributed by atoms with Gasteiger partial charge in [-0.05, 0) is 44.4 Å². The zero-order chi connectivity index (χ0) is 19.0. The number of nitrogens with zero attached hydrogens (tertiary/aromatic N) is 4. The Balaban J connectivity index is 1.73.